The summed E-state index contributed by atoms with van der Waals surface area (Å²) in [6.45, 7) is 4.56. The minimum atomic E-state index is -3.60. The van der Waals surface area contributed by atoms with E-state index in [9.17, 15) is 13.2 Å². The summed E-state index contributed by atoms with van der Waals surface area (Å²) >= 11 is 3.32. The summed E-state index contributed by atoms with van der Waals surface area (Å²) in [5, 5.41) is 2.97. The van der Waals surface area contributed by atoms with Gasteiger partial charge in [0, 0.05) is 23.2 Å². The van der Waals surface area contributed by atoms with Crippen molar-refractivity contribution in [3.05, 3.63) is 58.1 Å². The molecule has 0 radical (unpaired) electrons. The molecular formula is C20H23BrN2O3S. The Morgan fingerprint density at radius 2 is 1.85 bits per heavy atom. The highest BCUT2D eigenvalue weighted by Gasteiger charge is 2.33. The molecule has 144 valence electrons. The van der Waals surface area contributed by atoms with Gasteiger partial charge in [-0.2, -0.15) is 4.31 Å². The van der Waals surface area contributed by atoms with Crippen LogP contribution >= 0.6 is 15.9 Å². The maximum absolute atomic E-state index is 12.9. The van der Waals surface area contributed by atoms with Gasteiger partial charge in [-0.05, 0) is 68.1 Å². The molecule has 0 aromatic heterocycles. The lowest BCUT2D eigenvalue weighted by Crippen LogP contribution is -2.43. The van der Waals surface area contributed by atoms with Crippen LogP contribution in [0.1, 0.15) is 24.0 Å². The van der Waals surface area contributed by atoms with Crippen LogP contribution in [0.15, 0.2) is 51.8 Å². The lowest BCUT2D eigenvalue weighted by Gasteiger charge is -2.31. The van der Waals surface area contributed by atoms with Gasteiger partial charge in [0.1, 0.15) is 0 Å². The predicted molar refractivity (Wildman–Crippen MR) is 110 cm³/mol. The number of benzene rings is 2. The lowest BCUT2D eigenvalue weighted by molar-refractivity contribution is -0.120. The predicted octanol–water partition coefficient (Wildman–Crippen LogP) is 4.11. The van der Waals surface area contributed by atoms with Gasteiger partial charge in [-0.1, -0.05) is 28.1 Å². The second-order valence-electron chi connectivity index (χ2n) is 6.96. The monoisotopic (exact) mass is 450 g/mol. The first-order valence-corrected chi connectivity index (χ1v) is 11.1. The van der Waals surface area contributed by atoms with Gasteiger partial charge >= 0.3 is 0 Å². The fourth-order valence-electron chi connectivity index (χ4n) is 3.24. The topological polar surface area (TPSA) is 66.5 Å². The van der Waals surface area contributed by atoms with Crippen molar-refractivity contribution in [3.63, 3.8) is 0 Å². The molecule has 1 aliphatic rings. The molecule has 3 rings (SSSR count). The van der Waals surface area contributed by atoms with Crippen LogP contribution in [0.2, 0.25) is 0 Å². The first kappa shape index (κ1) is 20.0. The average molecular weight is 451 g/mol. The first-order valence-electron chi connectivity index (χ1n) is 8.91. The number of piperidine rings is 1. The molecule has 1 fully saturated rings. The second kappa shape index (κ2) is 8.12. The number of carbonyl (C=O) groups excluding carboxylic acids is 1. The third-order valence-corrected chi connectivity index (χ3v) is 7.27. The molecule has 1 heterocycles. The van der Waals surface area contributed by atoms with E-state index in [1.165, 1.54) is 4.31 Å². The molecule has 1 N–H and O–H groups in total. The van der Waals surface area contributed by atoms with E-state index < -0.39 is 10.0 Å². The number of nitrogens with one attached hydrogen (secondary N) is 1. The Morgan fingerprint density at radius 3 is 2.56 bits per heavy atom. The highest BCUT2D eigenvalue weighted by Crippen LogP contribution is 2.26. The van der Waals surface area contributed by atoms with Crippen molar-refractivity contribution in [2.24, 2.45) is 5.92 Å². The van der Waals surface area contributed by atoms with Crippen LogP contribution in [0.3, 0.4) is 0 Å². The van der Waals surface area contributed by atoms with Crippen LogP contribution < -0.4 is 5.32 Å². The van der Waals surface area contributed by atoms with Crippen molar-refractivity contribution in [1.29, 1.82) is 0 Å². The number of halogens is 1. The minimum Gasteiger partial charge on any atom is -0.326 e. The smallest absolute Gasteiger partial charge is 0.243 e. The summed E-state index contributed by atoms with van der Waals surface area (Å²) in [5.74, 6) is -0.483. The van der Waals surface area contributed by atoms with Crippen LogP contribution in [-0.2, 0) is 14.8 Å². The van der Waals surface area contributed by atoms with Gasteiger partial charge in [-0.3, -0.25) is 4.79 Å². The maximum Gasteiger partial charge on any atom is 0.243 e. The van der Waals surface area contributed by atoms with Crippen LogP contribution in [0, 0.1) is 19.8 Å². The van der Waals surface area contributed by atoms with E-state index in [1.54, 1.807) is 24.3 Å². The van der Waals surface area contributed by atoms with Crippen molar-refractivity contribution >= 4 is 37.5 Å². The molecule has 0 saturated carbocycles. The van der Waals surface area contributed by atoms with E-state index in [0.29, 0.717) is 19.4 Å². The molecule has 1 saturated heterocycles. The summed E-state index contributed by atoms with van der Waals surface area (Å²) in [7, 11) is -3.60. The summed E-state index contributed by atoms with van der Waals surface area (Å²) in [5.41, 5.74) is 2.84. The van der Waals surface area contributed by atoms with Crippen LogP contribution in [0.5, 0.6) is 0 Å². The molecule has 5 nitrogen and oxygen atoms in total. The zero-order chi connectivity index (χ0) is 19.6. The van der Waals surface area contributed by atoms with Gasteiger partial charge in [0.25, 0.3) is 0 Å². The molecule has 0 aliphatic carbocycles. The minimum absolute atomic E-state index is 0.126. The Kier molecular flexibility index (Phi) is 6.03. The maximum atomic E-state index is 12.9. The third-order valence-electron chi connectivity index (χ3n) is 4.86. The standard InChI is InChI=1S/C20H23BrN2O3S/c1-14-5-6-15(2)19(12-14)22-20(24)16-4-3-11-23(13-16)27(25,26)18-9-7-17(21)8-10-18/h5-10,12,16H,3-4,11,13H2,1-2H3,(H,22,24)/t16-/m0/s1. The highest BCUT2D eigenvalue weighted by atomic mass is 79.9. The van der Waals surface area contributed by atoms with Crippen molar-refractivity contribution in [1.82, 2.24) is 4.31 Å². The van der Waals surface area contributed by atoms with Crippen molar-refractivity contribution in [2.75, 3.05) is 18.4 Å². The lowest BCUT2D eigenvalue weighted by atomic mass is 9.98. The Labute approximate surface area is 169 Å². The molecule has 1 amide bonds. The Bertz CT molecular complexity index is 942. The number of hydrogen-bond acceptors (Lipinski definition) is 3. The summed E-state index contributed by atoms with van der Waals surface area (Å²) < 4.78 is 28.1. The zero-order valence-corrected chi connectivity index (χ0v) is 17.8. The van der Waals surface area contributed by atoms with E-state index >= 15 is 0 Å². The highest BCUT2D eigenvalue weighted by molar-refractivity contribution is 9.10. The number of hydrogen-bond donors (Lipinski definition) is 1. The zero-order valence-electron chi connectivity index (χ0n) is 15.4. The fraction of sp³-hybridized carbons (Fsp3) is 0.350. The van der Waals surface area contributed by atoms with Gasteiger partial charge < -0.3 is 5.32 Å². The molecule has 0 spiro atoms. The fourth-order valence-corrected chi connectivity index (χ4v) is 5.02. The van der Waals surface area contributed by atoms with E-state index in [4.69, 9.17) is 0 Å². The molecule has 7 heteroatoms. The van der Waals surface area contributed by atoms with Crippen LogP contribution in [0.4, 0.5) is 5.69 Å². The number of sulfonamides is 1. The molecule has 2 aromatic rings. The Balaban J connectivity index is 1.74. The second-order valence-corrected chi connectivity index (χ2v) is 9.82. The van der Waals surface area contributed by atoms with Crippen molar-refractivity contribution in [3.8, 4) is 0 Å². The van der Waals surface area contributed by atoms with Crippen LogP contribution in [0.25, 0.3) is 0 Å². The van der Waals surface area contributed by atoms with E-state index in [-0.39, 0.29) is 23.3 Å². The number of rotatable bonds is 4. The van der Waals surface area contributed by atoms with Gasteiger partial charge in [0.05, 0.1) is 10.8 Å². The number of aryl methyl sites for hydroxylation is 2. The summed E-state index contributed by atoms with van der Waals surface area (Å²) in [6.07, 6.45) is 1.35. The molecule has 1 atom stereocenters. The van der Waals surface area contributed by atoms with Crippen molar-refractivity contribution in [2.45, 2.75) is 31.6 Å². The summed E-state index contributed by atoms with van der Waals surface area (Å²) in [6, 6.07) is 12.5. The van der Waals surface area contributed by atoms with Gasteiger partial charge in [0.15, 0.2) is 0 Å². The molecule has 2 aromatic carbocycles. The number of nitrogens with zero attached hydrogens (tertiary/aromatic N) is 1. The van der Waals surface area contributed by atoms with E-state index in [2.05, 4.69) is 21.2 Å². The number of amides is 1. The summed E-state index contributed by atoms with van der Waals surface area (Å²) in [4.78, 5) is 13.0. The molecule has 0 unspecified atom stereocenters. The SMILES string of the molecule is Cc1ccc(C)c(NC(=O)[C@H]2CCCN(S(=O)(=O)c3ccc(Br)cc3)C2)c1. The quantitative estimate of drug-likeness (QED) is 0.761. The van der Waals surface area contributed by atoms with Gasteiger partial charge in [0.2, 0.25) is 15.9 Å². The van der Waals surface area contributed by atoms with Crippen molar-refractivity contribution < 1.29 is 13.2 Å². The van der Waals surface area contributed by atoms with E-state index in [0.717, 1.165) is 21.3 Å². The van der Waals surface area contributed by atoms with E-state index in [1.807, 2.05) is 32.0 Å². The molecular weight excluding hydrogens is 428 g/mol. The molecule has 27 heavy (non-hydrogen) atoms. The molecule has 1 aliphatic heterocycles. The third kappa shape index (κ3) is 4.59. The largest absolute Gasteiger partial charge is 0.326 e. The molecule has 0 bridgehead atoms. The van der Waals surface area contributed by atoms with Gasteiger partial charge in [-0.25, -0.2) is 8.42 Å². The van der Waals surface area contributed by atoms with Crippen LogP contribution in [-0.4, -0.2) is 31.7 Å². The Morgan fingerprint density at radius 1 is 1.15 bits per heavy atom. The normalized spacial score (nSPS) is 18.3. The average Bonchev–Trinajstić information content (AvgIpc) is 2.65. The Hall–Kier alpha value is -1.70. The number of anilines is 1. The van der Waals surface area contributed by atoms with Gasteiger partial charge in [-0.15, -0.1) is 0 Å². The number of carbonyl (C=O) groups is 1. The first-order chi connectivity index (χ1) is 12.8.